The van der Waals surface area contributed by atoms with Crippen molar-refractivity contribution in [3.8, 4) is 0 Å². The Morgan fingerprint density at radius 3 is 2.54 bits per heavy atom. The summed E-state index contributed by atoms with van der Waals surface area (Å²) in [5, 5.41) is 3.39. The minimum absolute atomic E-state index is 0.338. The molecular formula is C10H23NOS. The number of hydrogen-bond donors (Lipinski definition) is 1. The predicted molar refractivity (Wildman–Crippen MR) is 61.6 cm³/mol. The minimum atomic E-state index is 0.338. The van der Waals surface area contributed by atoms with Crippen molar-refractivity contribution in [2.45, 2.75) is 31.9 Å². The van der Waals surface area contributed by atoms with Crippen molar-refractivity contribution in [1.29, 1.82) is 0 Å². The fraction of sp³-hybridized carbons (Fsp3) is 1.00. The number of thioether (sulfide) groups is 1. The largest absolute Gasteiger partial charge is 0.380 e. The Kier molecular flexibility index (Phi) is 7.81. The molecule has 0 aliphatic rings. The monoisotopic (exact) mass is 205 g/mol. The van der Waals surface area contributed by atoms with Gasteiger partial charge < -0.3 is 10.1 Å². The van der Waals surface area contributed by atoms with E-state index < -0.39 is 0 Å². The average molecular weight is 205 g/mol. The van der Waals surface area contributed by atoms with Gasteiger partial charge in [0.25, 0.3) is 0 Å². The fourth-order valence-electron chi connectivity index (χ4n) is 0.852. The highest BCUT2D eigenvalue weighted by Gasteiger charge is 2.14. The first-order valence-electron chi connectivity index (χ1n) is 4.96. The standard InChI is InChI=1S/C10H23NOS/c1-5-7-12-8-6-11-9-10(2,3)13-4/h11H,5-9H2,1-4H3. The van der Waals surface area contributed by atoms with Gasteiger partial charge in [-0.1, -0.05) is 6.92 Å². The number of nitrogens with one attached hydrogen (secondary N) is 1. The van der Waals surface area contributed by atoms with Crippen LogP contribution < -0.4 is 5.32 Å². The van der Waals surface area contributed by atoms with Gasteiger partial charge in [0.15, 0.2) is 0 Å². The first kappa shape index (κ1) is 13.3. The summed E-state index contributed by atoms with van der Waals surface area (Å²) < 4.78 is 5.70. The second kappa shape index (κ2) is 7.65. The highest BCUT2D eigenvalue weighted by molar-refractivity contribution is 7.99. The number of hydrogen-bond acceptors (Lipinski definition) is 3. The Morgan fingerprint density at radius 2 is 2.00 bits per heavy atom. The first-order chi connectivity index (χ1) is 6.12. The lowest BCUT2D eigenvalue weighted by Crippen LogP contribution is -2.33. The SMILES string of the molecule is CCCOCCNCC(C)(C)SC. The third kappa shape index (κ3) is 8.60. The molecule has 0 bridgehead atoms. The zero-order valence-electron chi connectivity index (χ0n) is 9.35. The average Bonchev–Trinajstić information content (AvgIpc) is 2.11. The summed E-state index contributed by atoms with van der Waals surface area (Å²) >= 11 is 1.89. The maximum absolute atomic E-state index is 5.36. The molecule has 3 heteroatoms. The Labute approximate surface area is 86.8 Å². The van der Waals surface area contributed by atoms with E-state index in [2.05, 4.69) is 32.3 Å². The first-order valence-corrected chi connectivity index (χ1v) is 6.18. The van der Waals surface area contributed by atoms with Crippen LogP contribution in [0.2, 0.25) is 0 Å². The maximum Gasteiger partial charge on any atom is 0.0590 e. The molecule has 80 valence electrons. The molecule has 0 radical (unpaired) electrons. The molecule has 0 aromatic carbocycles. The van der Waals surface area contributed by atoms with Gasteiger partial charge in [-0.15, -0.1) is 0 Å². The van der Waals surface area contributed by atoms with Crippen LogP contribution in [0, 0.1) is 0 Å². The quantitative estimate of drug-likeness (QED) is 0.614. The molecule has 0 saturated heterocycles. The summed E-state index contributed by atoms with van der Waals surface area (Å²) in [6, 6.07) is 0. The second-order valence-corrected chi connectivity index (χ2v) is 5.27. The summed E-state index contributed by atoms with van der Waals surface area (Å²) in [6.07, 6.45) is 3.26. The molecule has 0 heterocycles. The molecule has 0 aliphatic carbocycles. The summed E-state index contributed by atoms with van der Waals surface area (Å²) in [5.41, 5.74) is 0. The van der Waals surface area contributed by atoms with E-state index in [4.69, 9.17) is 4.74 Å². The summed E-state index contributed by atoms with van der Waals surface area (Å²) in [7, 11) is 0. The van der Waals surface area contributed by atoms with Crippen molar-refractivity contribution in [3.05, 3.63) is 0 Å². The molecule has 0 saturated carbocycles. The normalized spacial score (nSPS) is 12.0. The lowest BCUT2D eigenvalue weighted by atomic mass is 10.2. The molecular weight excluding hydrogens is 182 g/mol. The zero-order chi connectivity index (χ0) is 10.2. The van der Waals surface area contributed by atoms with E-state index in [1.165, 1.54) is 0 Å². The van der Waals surface area contributed by atoms with Gasteiger partial charge >= 0.3 is 0 Å². The number of ether oxygens (including phenoxy) is 1. The molecule has 0 aromatic heterocycles. The molecule has 0 amide bonds. The van der Waals surface area contributed by atoms with Crippen LogP contribution in [0.4, 0.5) is 0 Å². The van der Waals surface area contributed by atoms with Crippen LogP contribution in [-0.4, -0.2) is 37.3 Å². The molecule has 0 atom stereocenters. The molecule has 13 heavy (non-hydrogen) atoms. The van der Waals surface area contributed by atoms with Crippen LogP contribution in [0.15, 0.2) is 0 Å². The van der Waals surface area contributed by atoms with Crippen LogP contribution in [0.3, 0.4) is 0 Å². The van der Waals surface area contributed by atoms with Crippen LogP contribution >= 0.6 is 11.8 Å². The van der Waals surface area contributed by atoms with Crippen molar-refractivity contribution < 1.29 is 4.74 Å². The summed E-state index contributed by atoms with van der Waals surface area (Å²) in [5.74, 6) is 0. The molecule has 0 aromatic rings. The Hall–Kier alpha value is 0.270. The van der Waals surface area contributed by atoms with Gasteiger partial charge in [0.1, 0.15) is 0 Å². The number of rotatable bonds is 8. The van der Waals surface area contributed by atoms with Crippen molar-refractivity contribution >= 4 is 11.8 Å². The molecule has 0 spiro atoms. The lowest BCUT2D eigenvalue weighted by Gasteiger charge is -2.22. The van der Waals surface area contributed by atoms with Crippen LogP contribution in [0.1, 0.15) is 27.2 Å². The van der Waals surface area contributed by atoms with Crippen molar-refractivity contribution in [2.75, 3.05) is 32.6 Å². The Morgan fingerprint density at radius 1 is 1.31 bits per heavy atom. The van der Waals surface area contributed by atoms with Gasteiger partial charge in [0.2, 0.25) is 0 Å². The Balaban J connectivity index is 3.16. The van der Waals surface area contributed by atoms with E-state index in [1.807, 2.05) is 11.8 Å². The molecule has 0 rings (SSSR count). The third-order valence-electron chi connectivity index (χ3n) is 1.87. The van der Waals surface area contributed by atoms with E-state index in [-0.39, 0.29) is 0 Å². The predicted octanol–water partition coefficient (Wildman–Crippen LogP) is 2.14. The van der Waals surface area contributed by atoms with Gasteiger partial charge in [-0.05, 0) is 26.5 Å². The van der Waals surface area contributed by atoms with E-state index in [9.17, 15) is 0 Å². The van der Waals surface area contributed by atoms with E-state index in [0.29, 0.717) is 4.75 Å². The van der Waals surface area contributed by atoms with Gasteiger partial charge in [0.05, 0.1) is 6.61 Å². The summed E-state index contributed by atoms with van der Waals surface area (Å²) in [4.78, 5) is 0. The van der Waals surface area contributed by atoms with Crippen molar-refractivity contribution in [1.82, 2.24) is 5.32 Å². The van der Waals surface area contributed by atoms with Gasteiger partial charge in [-0.2, -0.15) is 11.8 Å². The minimum Gasteiger partial charge on any atom is -0.380 e. The molecule has 1 N–H and O–H groups in total. The lowest BCUT2D eigenvalue weighted by molar-refractivity contribution is 0.136. The highest BCUT2D eigenvalue weighted by atomic mass is 32.2. The fourth-order valence-corrected chi connectivity index (χ4v) is 1.10. The maximum atomic E-state index is 5.36. The van der Waals surface area contributed by atoms with Gasteiger partial charge in [0, 0.05) is 24.4 Å². The van der Waals surface area contributed by atoms with Gasteiger partial charge in [-0.3, -0.25) is 0 Å². The van der Waals surface area contributed by atoms with E-state index in [1.54, 1.807) is 0 Å². The zero-order valence-corrected chi connectivity index (χ0v) is 10.2. The molecule has 0 aliphatic heterocycles. The second-order valence-electron chi connectivity index (χ2n) is 3.75. The molecule has 0 fully saturated rings. The smallest absolute Gasteiger partial charge is 0.0590 e. The van der Waals surface area contributed by atoms with Gasteiger partial charge in [-0.25, -0.2) is 0 Å². The van der Waals surface area contributed by atoms with Crippen LogP contribution in [0.25, 0.3) is 0 Å². The third-order valence-corrected chi connectivity index (χ3v) is 3.12. The van der Waals surface area contributed by atoms with Crippen molar-refractivity contribution in [3.63, 3.8) is 0 Å². The highest BCUT2D eigenvalue weighted by Crippen LogP contribution is 2.19. The van der Waals surface area contributed by atoms with E-state index >= 15 is 0 Å². The Bertz CT molecular complexity index is 117. The summed E-state index contributed by atoms with van der Waals surface area (Å²) in [6.45, 7) is 10.3. The van der Waals surface area contributed by atoms with Crippen molar-refractivity contribution in [2.24, 2.45) is 0 Å². The molecule has 2 nitrogen and oxygen atoms in total. The topological polar surface area (TPSA) is 21.3 Å². The molecule has 0 unspecified atom stereocenters. The van der Waals surface area contributed by atoms with E-state index in [0.717, 1.165) is 32.7 Å². The van der Waals surface area contributed by atoms with Crippen LogP contribution in [-0.2, 0) is 4.74 Å². The van der Waals surface area contributed by atoms with Crippen LogP contribution in [0.5, 0.6) is 0 Å².